The number of carbonyl (C=O) groups excluding carboxylic acids is 1. The molecule has 1 aromatic rings. The maximum atomic E-state index is 12.1. The van der Waals surface area contributed by atoms with Gasteiger partial charge in [-0.05, 0) is 31.0 Å². The molecule has 0 aliphatic carbocycles. The molecule has 0 fully saturated rings. The number of rotatable bonds is 7. The van der Waals surface area contributed by atoms with E-state index in [1.807, 2.05) is 32.0 Å². The Morgan fingerprint density at radius 1 is 1.30 bits per heavy atom. The fourth-order valence-electron chi connectivity index (χ4n) is 1.78. The van der Waals surface area contributed by atoms with Crippen LogP contribution in [-0.2, 0) is 11.3 Å². The van der Waals surface area contributed by atoms with Gasteiger partial charge in [0.25, 0.3) is 0 Å². The van der Waals surface area contributed by atoms with Crippen LogP contribution >= 0.6 is 0 Å². The number of nitrogens with one attached hydrogen (secondary N) is 1. The Morgan fingerprint density at radius 3 is 2.45 bits per heavy atom. The Kier molecular flexibility index (Phi) is 5.82. The molecule has 0 heterocycles. The molecule has 0 bridgehead atoms. The quantitative estimate of drug-likeness (QED) is 0.797. The molecule has 1 unspecified atom stereocenters. The van der Waals surface area contributed by atoms with Crippen LogP contribution in [0.2, 0.25) is 0 Å². The first-order chi connectivity index (χ1) is 9.50. The van der Waals surface area contributed by atoms with Gasteiger partial charge in [-0.2, -0.15) is 0 Å². The average Bonchev–Trinajstić information content (AvgIpc) is 2.51. The van der Waals surface area contributed by atoms with E-state index >= 15 is 0 Å². The molecule has 1 aromatic carbocycles. The lowest BCUT2D eigenvalue weighted by Gasteiger charge is -2.25. The van der Waals surface area contributed by atoms with Crippen molar-refractivity contribution >= 4 is 5.91 Å². The van der Waals surface area contributed by atoms with E-state index in [1.165, 1.54) is 0 Å². The van der Waals surface area contributed by atoms with Crippen LogP contribution in [0.15, 0.2) is 18.2 Å². The molecule has 0 aromatic heterocycles. The van der Waals surface area contributed by atoms with Crippen molar-refractivity contribution < 1.29 is 14.3 Å². The van der Waals surface area contributed by atoms with E-state index in [4.69, 9.17) is 15.2 Å². The van der Waals surface area contributed by atoms with Crippen molar-refractivity contribution in [3.63, 3.8) is 0 Å². The van der Waals surface area contributed by atoms with Gasteiger partial charge in [0, 0.05) is 13.1 Å². The first-order valence-corrected chi connectivity index (χ1v) is 6.70. The normalized spacial score (nSPS) is 13.4. The molecule has 1 atom stereocenters. The van der Waals surface area contributed by atoms with Crippen molar-refractivity contribution in [2.45, 2.75) is 26.8 Å². The van der Waals surface area contributed by atoms with E-state index in [0.29, 0.717) is 31.0 Å². The summed E-state index contributed by atoms with van der Waals surface area (Å²) in [6.07, 6.45) is 0.710. The minimum atomic E-state index is -0.517. The molecule has 0 saturated heterocycles. The molecule has 5 heteroatoms. The van der Waals surface area contributed by atoms with Gasteiger partial charge in [0.2, 0.25) is 5.91 Å². The summed E-state index contributed by atoms with van der Waals surface area (Å²) < 4.78 is 10.4. The minimum absolute atomic E-state index is 0.0303. The summed E-state index contributed by atoms with van der Waals surface area (Å²) >= 11 is 0. The van der Waals surface area contributed by atoms with Crippen molar-refractivity contribution in [2.24, 2.45) is 11.1 Å². The maximum absolute atomic E-state index is 12.1. The van der Waals surface area contributed by atoms with Crippen LogP contribution in [0.4, 0.5) is 0 Å². The average molecular weight is 280 g/mol. The molecule has 3 N–H and O–H groups in total. The molecule has 0 aliphatic heterocycles. The molecule has 5 nitrogen and oxygen atoms in total. The molecule has 0 aliphatic rings. The van der Waals surface area contributed by atoms with E-state index in [-0.39, 0.29) is 5.91 Å². The lowest BCUT2D eigenvalue weighted by Crippen LogP contribution is -2.43. The molecule has 0 spiro atoms. The van der Waals surface area contributed by atoms with E-state index < -0.39 is 5.41 Å². The van der Waals surface area contributed by atoms with Gasteiger partial charge in [-0.3, -0.25) is 4.79 Å². The first kappa shape index (κ1) is 16.3. The summed E-state index contributed by atoms with van der Waals surface area (Å²) in [5.74, 6) is 1.29. The molecular weight excluding hydrogens is 256 g/mol. The number of nitrogens with two attached hydrogens (primary N) is 1. The highest BCUT2D eigenvalue weighted by Crippen LogP contribution is 2.27. The molecule has 0 radical (unpaired) electrons. The zero-order valence-electron chi connectivity index (χ0n) is 12.7. The van der Waals surface area contributed by atoms with Gasteiger partial charge in [-0.25, -0.2) is 0 Å². The van der Waals surface area contributed by atoms with Crippen LogP contribution in [-0.4, -0.2) is 26.7 Å². The number of methoxy groups -OCH3 is 2. The molecule has 112 valence electrons. The van der Waals surface area contributed by atoms with Crippen LogP contribution in [0, 0.1) is 5.41 Å². The van der Waals surface area contributed by atoms with E-state index in [1.54, 1.807) is 14.2 Å². The van der Waals surface area contributed by atoms with Gasteiger partial charge in [-0.1, -0.05) is 13.0 Å². The Hall–Kier alpha value is -1.75. The summed E-state index contributed by atoms with van der Waals surface area (Å²) in [4.78, 5) is 12.1. The third kappa shape index (κ3) is 3.63. The largest absolute Gasteiger partial charge is 0.493 e. The van der Waals surface area contributed by atoms with Gasteiger partial charge in [-0.15, -0.1) is 0 Å². The number of carbonyl (C=O) groups is 1. The highest BCUT2D eigenvalue weighted by Gasteiger charge is 2.29. The van der Waals surface area contributed by atoms with E-state index in [2.05, 4.69) is 5.32 Å². The van der Waals surface area contributed by atoms with Gasteiger partial charge >= 0.3 is 0 Å². The van der Waals surface area contributed by atoms with Crippen molar-refractivity contribution in [2.75, 3.05) is 20.8 Å². The second-order valence-electron chi connectivity index (χ2n) is 4.99. The number of hydrogen-bond acceptors (Lipinski definition) is 4. The summed E-state index contributed by atoms with van der Waals surface area (Å²) in [6.45, 7) is 4.61. The van der Waals surface area contributed by atoms with E-state index in [0.717, 1.165) is 5.56 Å². The fourth-order valence-corrected chi connectivity index (χ4v) is 1.78. The van der Waals surface area contributed by atoms with Gasteiger partial charge < -0.3 is 20.5 Å². The Morgan fingerprint density at radius 2 is 1.95 bits per heavy atom. The zero-order chi connectivity index (χ0) is 15.2. The van der Waals surface area contributed by atoms with Crippen LogP contribution in [0.25, 0.3) is 0 Å². The molecule has 0 saturated carbocycles. The van der Waals surface area contributed by atoms with Crippen LogP contribution in [0.5, 0.6) is 11.5 Å². The highest BCUT2D eigenvalue weighted by molar-refractivity contribution is 5.82. The third-order valence-electron chi connectivity index (χ3n) is 3.68. The predicted molar refractivity (Wildman–Crippen MR) is 78.8 cm³/mol. The lowest BCUT2D eigenvalue weighted by molar-refractivity contribution is -0.130. The van der Waals surface area contributed by atoms with Gasteiger partial charge in [0.1, 0.15) is 0 Å². The molecule has 1 amide bonds. The van der Waals surface area contributed by atoms with Crippen LogP contribution < -0.4 is 20.5 Å². The standard InChI is InChI=1S/C15H24N2O3/c1-5-15(2,10-16)14(18)17-9-11-6-7-12(19-3)13(8-11)20-4/h6-8H,5,9-10,16H2,1-4H3,(H,17,18). The smallest absolute Gasteiger partial charge is 0.227 e. The van der Waals surface area contributed by atoms with Gasteiger partial charge in [0.15, 0.2) is 11.5 Å². The summed E-state index contributed by atoms with van der Waals surface area (Å²) in [5, 5.41) is 2.91. The third-order valence-corrected chi connectivity index (χ3v) is 3.68. The van der Waals surface area contributed by atoms with Crippen molar-refractivity contribution in [1.29, 1.82) is 0 Å². The Balaban J connectivity index is 2.73. The fraction of sp³-hybridized carbons (Fsp3) is 0.533. The molecular formula is C15H24N2O3. The van der Waals surface area contributed by atoms with Gasteiger partial charge in [0.05, 0.1) is 19.6 Å². The number of ether oxygens (including phenoxy) is 2. The number of amides is 1. The summed E-state index contributed by atoms with van der Waals surface area (Å²) in [7, 11) is 3.18. The highest BCUT2D eigenvalue weighted by atomic mass is 16.5. The SMILES string of the molecule is CCC(C)(CN)C(=O)NCc1ccc(OC)c(OC)c1. The second kappa shape index (κ2) is 7.14. The Labute approximate surface area is 120 Å². The number of hydrogen-bond donors (Lipinski definition) is 2. The van der Waals surface area contributed by atoms with Crippen LogP contribution in [0.1, 0.15) is 25.8 Å². The number of benzene rings is 1. The van der Waals surface area contributed by atoms with Crippen LogP contribution in [0.3, 0.4) is 0 Å². The predicted octanol–water partition coefficient (Wildman–Crippen LogP) is 1.69. The van der Waals surface area contributed by atoms with E-state index in [9.17, 15) is 4.79 Å². The first-order valence-electron chi connectivity index (χ1n) is 6.70. The Bertz CT molecular complexity index is 456. The van der Waals surface area contributed by atoms with Crippen molar-refractivity contribution in [3.8, 4) is 11.5 Å². The minimum Gasteiger partial charge on any atom is -0.493 e. The monoisotopic (exact) mass is 280 g/mol. The van der Waals surface area contributed by atoms with Crippen molar-refractivity contribution in [3.05, 3.63) is 23.8 Å². The zero-order valence-corrected chi connectivity index (χ0v) is 12.7. The van der Waals surface area contributed by atoms with Crippen molar-refractivity contribution in [1.82, 2.24) is 5.32 Å². The second-order valence-corrected chi connectivity index (χ2v) is 4.99. The molecule has 20 heavy (non-hydrogen) atoms. The topological polar surface area (TPSA) is 73.6 Å². The maximum Gasteiger partial charge on any atom is 0.227 e. The molecule has 1 rings (SSSR count). The summed E-state index contributed by atoms with van der Waals surface area (Å²) in [5.41, 5.74) is 6.11. The lowest BCUT2D eigenvalue weighted by atomic mass is 9.86. The summed E-state index contributed by atoms with van der Waals surface area (Å²) in [6, 6.07) is 5.57.